The van der Waals surface area contributed by atoms with Gasteiger partial charge in [0.05, 0.1) is 24.7 Å². The number of hydrogen-bond acceptors (Lipinski definition) is 6. The number of aromatic nitrogens is 4. The third-order valence-corrected chi connectivity index (χ3v) is 5.26. The molecule has 1 aliphatic heterocycles. The first kappa shape index (κ1) is 16.9. The molecule has 0 amide bonds. The van der Waals surface area contributed by atoms with Crippen molar-refractivity contribution in [3.05, 3.63) is 53.3 Å². The molecule has 0 fully saturated rings. The van der Waals surface area contributed by atoms with E-state index in [0.29, 0.717) is 19.0 Å². The Kier molecular flexibility index (Phi) is 4.79. The van der Waals surface area contributed by atoms with Crippen molar-refractivity contribution in [2.24, 2.45) is 0 Å². The summed E-state index contributed by atoms with van der Waals surface area (Å²) in [5.74, 6) is 3.11. The van der Waals surface area contributed by atoms with Crippen molar-refractivity contribution >= 4 is 11.8 Å². The molecule has 3 aromatic rings. The van der Waals surface area contributed by atoms with E-state index in [1.807, 2.05) is 28.9 Å². The van der Waals surface area contributed by atoms with E-state index in [4.69, 9.17) is 9.47 Å². The number of nitrogens with zero attached hydrogens (tertiary/aromatic N) is 4. The summed E-state index contributed by atoms with van der Waals surface area (Å²) in [6.07, 6.45) is 0.904. The maximum atomic E-state index is 5.77. The van der Waals surface area contributed by atoms with Gasteiger partial charge in [0.25, 0.3) is 0 Å². The molecule has 2 aromatic carbocycles. The number of benzene rings is 2. The Balaban J connectivity index is 1.55. The van der Waals surface area contributed by atoms with Crippen molar-refractivity contribution in [2.75, 3.05) is 13.2 Å². The van der Waals surface area contributed by atoms with Crippen LogP contribution in [0.4, 0.5) is 0 Å². The zero-order valence-electron chi connectivity index (χ0n) is 14.8. The Morgan fingerprint density at radius 1 is 1.04 bits per heavy atom. The number of tetrazole rings is 1. The average molecular weight is 368 g/mol. The number of hydrogen-bond donors (Lipinski definition) is 0. The van der Waals surface area contributed by atoms with E-state index >= 15 is 0 Å². The maximum Gasteiger partial charge on any atom is 0.166 e. The highest BCUT2D eigenvalue weighted by Crippen LogP contribution is 2.35. The van der Waals surface area contributed by atoms with Crippen LogP contribution in [-0.4, -0.2) is 33.4 Å². The molecule has 0 unspecified atom stereocenters. The summed E-state index contributed by atoms with van der Waals surface area (Å²) >= 11 is 1.68. The van der Waals surface area contributed by atoms with Crippen molar-refractivity contribution < 1.29 is 9.47 Å². The van der Waals surface area contributed by atoms with Crippen LogP contribution in [0.25, 0.3) is 5.69 Å². The standard InChI is InChI=1S/C19H20N4O2S/c1-13-5-3-6-14(2)19(13)23-18(20-21-22-23)12-26-15-7-8-16-17(11-15)25-10-4-9-24-16/h3,5-8,11H,4,9-10,12H2,1-2H3. The number of ether oxygens (including phenoxy) is 2. The monoisotopic (exact) mass is 368 g/mol. The summed E-state index contributed by atoms with van der Waals surface area (Å²) in [4.78, 5) is 1.10. The number of fused-ring (bicyclic) bond motifs is 1. The molecule has 6 nitrogen and oxygen atoms in total. The van der Waals surface area contributed by atoms with Crippen LogP contribution in [0.5, 0.6) is 11.5 Å². The lowest BCUT2D eigenvalue weighted by Crippen LogP contribution is -2.06. The fourth-order valence-corrected chi connectivity index (χ4v) is 3.82. The van der Waals surface area contributed by atoms with Gasteiger partial charge in [-0.3, -0.25) is 0 Å². The summed E-state index contributed by atoms with van der Waals surface area (Å²) in [5, 5.41) is 12.3. The highest BCUT2D eigenvalue weighted by Gasteiger charge is 2.15. The Morgan fingerprint density at radius 2 is 1.81 bits per heavy atom. The molecule has 0 radical (unpaired) electrons. The molecular weight excluding hydrogens is 348 g/mol. The van der Waals surface area contributed by atoms with Gasteiger partial charge in [-0.25, -0.2) is 0 Å². The zero-order chi connectivity index (χ0) is 17.9. The average Bonchev–Trinajstić information content (AvgIpc) is 2.96. The third kappa shape index (κ3) is 3.39. The summed E-state index contributed by atoms with van der Waals surface area (Å²) in [7, 11) is 0. The number of aryl methyl sites for hydroxylation is 2. The quantitative estimate of drug-likeness (QED) is 0.654. The van der Waals surface area contributed by atoms with Crippen LogP contribution in [0.1, 0.15) is 23.4 Å². The van der Waals surface area contributed by atoms with Gasteiger partial charge in [-0.15, -0.1) is 16.9 Å². The molecule has 0 N–H and O–H groups in total. The number of para-hydroxylation sites is 1. The zero-order valence-corrected chi connectivity index (χ0v) is 15.6. The third-order valence-electron chi connectivity index (χ3n) is 4.27. The summed E-state index contributed by atoms with van der Waals surface area (Å²) in [5.41, 5.74) is 3.35. The minimum Gasteiger partial charge on any atom is -0.490 e. The molecule has 1 aromatic heterocycles. The fraction of sp³-hybridized carbons (Fsp3) is 0.316. The Hall–Kier alpha value is -2.54. The molecule has 0 saturated carbocycles. The van der Waals surface area contributed by atoms with Crippen molar-refractivity contribution in [3.63, 3.8) is 0 Å². The maximum absolute atomic E-state index is 5.77. The lowest BCUT2D eigenvalue weighted by molar-refractivity contribution is 0.297. The van der Waals surface area contributed by atoms with Crippen LogP contribution in [0, 0.1) is 13.8 Å². The topological polar surface area (TPSA) is 62.1 Å². The molecule has 1 aliphatic rings. The lowest BCUT2D eigenvalue weighted by atomic mass is 10.1. The largest absolute Gasteiger partial charge is 0.490 e. The molecule has 2 heterocycles. The first-order valence-corrected chi connectivity index (χ1v) is 9.57. The van der Waals surface area contributed by atoms with Gasteiger partial charge in [0.15, 0.2) is 17.3 Å². The molecule has 0 bridgehead atoms. The molecule has 0 atom stereocenters. The molecule has 0 aliphatic carbocycles. The smallest absolute Gasteiger partial charge is 0.166 e. The van der Waals surface area contributed by atoms with Crippen molar-refractivity contribution in [2.45, 2.75) is 30.9 Å². The molecule has 4 rings (SSSR count). The van der Waals surface area contributed by atoms with Gasteiger partial charge in [0.2, 0.25) is 0 Å². The van der Waals surface area contributed by atoms with Gasteiger partial charge in [-0.1, -0.05) is 18.2 Å². The first-order chi connectivity index (χ1) is 12.7. The van der Waals surface area contributed by atoms with Gasteiger partial charge < -0.3 is 9.47 Å². The predicted octanol–water partition coefficient (Wildman–Crippen LogP) is 3.73. The van der Waals surface area contributed by atoms with Gasteiger partial charge >= 0.3 is 0 Å². The van der Waals surface area contributed by atoms with Crippen LogP contribution in [-0.2, 0) is 5.75 Å². The van der Waals surface area contributed by atoms with Gasteiger partial charge in [-0.05, 0) is 53.6 Å². The van der Waals surface area contributed by atoms with Crippen LogP contribution in [0.15, 0.2) is 41.3 Å². The highest BCUT2D eigenvalue weighted by molar-refractivity contribution is 7.98. The second-order valence-corrected chi connectivity index (χ2v) is 7.24. The first-order valence-electron chi connectivity index (χ1n) is 8.58. The molecular formula is C19H20N4O2S. The molecule has 7 heteroatoms. The minimum atomic E-state index is 0.667. The van der Waals surface area contributed by atoms with E-state index in [-0.39, 0.29) is 0 Å². The molecule has 134 valence electrons. The minimum absolute atomic E-state index is 0.667. The SMILES string of the molecule is Cc1cccc(C)c1-n1nnnc1CSc1ccc2c(c1)OCCCO2. The van der Waals surface area contributed by atoms with Crippen LogP contribution in [0.2, 0.25) is 0 Å². The lowest BCUT2D eigenvalue weighted by Gasteiger charge is -2.11. The van der Waals surface area contributed by atoms with Crippen molar-refractivity contribution in [3.8, 4) is 17.2 Å². The van der Waals surface area contributed by atoms with Crippen molar-refractivity contribution in [1.82, 2.24) is 20.2 Å². The van der Waals surface area contributed by atoms with E-state index in [1.54, 1.807) is 11.8 Å². The molecule has 0 spiro atoms. The van der Waals surface area contributed by atoms with E-state index in [0.717, 1.165) is 45.5 Å². The summed E-state index contributed by atoms with van der Waals surface area (Å²) in [6.45, 7) is 5.53. The van der Waals surface area contributed by atoms with Gasteiger partial charge in [-0.2, -0.15) is 4.68 Å². The Bertz CT molecular complexity index is 905. The van der Waals surface area contributed by atoms with E-state index in [2.05, 4.69) is 41.5 Å². The van der Waals surface area contributed by atoms with Crippen LogP contribution in [0.3, 0.4) is 0 Å². The second-order valence-electron chi connectivity index (χ2n) is 6.20. The van der Waals surface area contributed by atoms with E-state index in [9.17, 15) is 0 Å². The Morgan fingerprint density at radius 3 is 2.62 bits per heavy atom. The molecule has 26 heavy (non-hydrogen) atoms. The van der Waals surface area contributed by atoms with E-state index in [1.165, 1.54) is 0 Å². The summed E-state index contributed by atoms with van der Waals surface area (Å²) in [6, 6.07) is 12.2. The normalized spacial score (nSPS) is 13.5. The summed E-state index contributed by atoms with van der Waals surface area (Å²) < 4.78 is 13.3. The number of thioether (sulfide) groups is 1. The van der Waals surface area contributed by atoms with Crippen LogP contribution >= 0.6 is 11.8 Å². The second kappa shape index (κ2) is 7.37. The highest BCUT2D eigenvalue weighted by atomic mass is 32.2. The Labute approximate surface area is 156 Å². The fourth-order valence-electron chi connectivity index (χ4n) is 2.99. The van der Waals surface area contributed by atoms with Crippen molar-refractivity contribution in [1.29, 1.82) is 0 Å². The predicted molar refractivity (Wildman–Crippen MR) is 100 cm³/mol. The van der Waals surface area contributed by atoms with Gasteiger partial charge in [0.1, 0.15) is 0 Å². The van der Waals surface area contributed by atoms with Gasteiger partial charge in [0, 0.05) is 11.3 Å². The molecule has 0 saturated heterocycles. The van der Waals surface area contributed by atoms with Crippen LogP contribution < -0.4 is 9.47 Å². The number of rotatable bonds is 4. The van der Waals surface area contributed by atoms with E-state index < -0.39 is 0 Å².